The first-order valence-corrected chi connectivity index (χ1v) is 21.7. The summed E-state index contributed by atoms with van der Waals surface area (Å²) in [5, 5.41) is 7.29. The SMILES string of the molecule is COCCOC.COCCOC.Cc1ccc(/C2=C3\C=CC([N-]3)/C(c3ccc(C)cc3)=c3/cc/c([n-]3)=C(\c3ccc(C)cc3)C3=[NH+]/C(=C(/c4ccc(C)cc4)c4ccc2[n-]4)C=C3)cc1.[Li+].[Li+]. The molecule has 0 amide bonds. The molecule has 0 saturated carbocycles. The van der Waals surface area contributed by atoms with Crippen molar-refractivity contribution in [3.05, 3.63) is 229 Å². The Morgan fingerprint density at radius 3 is 1.35 bits per heavy atom. The quantitative estimate of drug-likeness (QED) is 0.166. The normalized spacial score (nSPS) is 18.5. The van der Waals surface area contributed by atoms with Gasteiger partial charge >= 0.3 is 37.7 Å². The molecule has 0 saturated heterocycles. The summed E-state index contributed by atoms with van der Waals surface area (Å²) in [5.74, 6) is 0. The number of allylic oxidation sites excluding steroid dienone is 3. The van der Waals surface area contributed by atoms with Crippen LogP contribution in [0.15, 0.2) is 157 Å². The molecule has 66 heavy (non-hydrogen) atoms. The summed E-state index contributed by atoms with van der Waals surface area (Å²) < 4.78 is 18.6. The van der Waals surface area contributed by atoms with E-state index >= 15 is 0 Å². The van der Waals surface area contributed by atoms with Crippen molar-refractivity contribution in [2.45, 2.75) is 33.7 Å². The van der Waals surface area contributed by atoms with Crippen molar-refractivity contribution in [2.75, 3.05) is 54.9 Å². The van der Waals surface area contributed by atoms with E-state index in [1.165, 1.54) is 22.3 Å². The van der Waals surface area contributed by atoms with Crippen LogP contribution in [-0.4, -0.2) is 66.6 Å². The van der Waals surface area contributed by atoms with E-state index in [4.69, 9.17) is 15.3 Å². The maximum atomic E-state index is 5.46. The summed E-state index contributed by atoms with van der Waals surface area (Å²) in [4.78, 5) is 14.7. The molecule has 1 unspecified atom stereocenters. The van der Waals surface area contributed by atoms with Crippen molar-refractivity contribution in [3.8, 4) is 0 Å². The van der Waals surface area contributed by atoms with E-state index in [0.717, 1.165) is 83.7 Å². The Balaban J connectivity index is 0.000000519. The largest absolute Gasteiger partial charge is 1.00 e. The van der Waals surface area contributed by atoms with Gasteiger partial charge in [0.1, 0.15) is 0 Å². The molecule has 1 N–H and O–H groups in total. The molecule has 0 spiro atoms. The van der Waals surface area contributed by atoms with E-state index in [2.05, 4.69) is 197 Å². The Labute approximate surface area is 414 Å². The van der Waals surface area contributed by atoms with Crippen LogP contribution in [0.1, 0.15) is 55.9 Å². The minimum Gasteiger partial charge on any atom is -0.674 e. The van der Waals surface area contributed by atoms with Crippen molar-refractivity contribution in [2.24, 2.45) is 0 Å². The van der Waals surface area contributed by atoms with Gasteiger partial charge in [-0.15, -0.1) is 27.8 Å². The van der Waals surface area contributed by atoms with E-state index < -0.39 is 0 Å². The van der Waals surface area contributed by atoms with Gasteiger partial charge in [-0.25, -0.2) is 4.99 Å². The molecule has 0 aliphatic carbocycles. The zero-order valence-electron chi connectivity index (χ0n) is 40.2. The fourth-order valence-electron chi connectivity index (χ4n) is 7.71. The second-order valence-electron chi connectivity index (χ2n) is 16.0. The fourth-order valence-corrected chi connectivity index (χ4v) is 7.71. The number of hydrogen-bond donors (Lipinski definition) is 1. The van der Waals surface area contributed by atoms with Gasteiger partial charge in [-0.2, -0.15) is 0 Å². The number of methoxy groups -OCH3 is 4. The van der Waals surface area contributed by atoms with Gasteiger partial charge < -0.3 is 34.2 Å². The van der Waals surface area contributed by atoms with Crippen LogP contribution in [-0.2, 0) is 18.9 Å². The summed E-state index contributed by atoms with van der Waals surface area (Å²) in [7, 11) is 6.61. The third kappa shape index (κ3) is 12.5. The molecule has 3 aliphatic heterocycles. The number of aromatic nitrogens is 2. The van der Waals surface area contributed by atoms with Crippen molar-refractivity contribution in [3.63, 3.8) is 0 Å². The molecule has 328 valence electrons. The van der Waals surface area contributed by atoms with E-state index in [1.54, 1.807) is 28.4 Å². The molecule has 4 aromatic carbocycles. The topological polar surface area (TPSA) is 93.2 Å². The van der Waals surface area contributed by atoms with Crippen molar-refractivity contribution >= 4 is 28.0 Å². The van der Waals surface area contributed by atoms with E-state index in [0.29, 0.717) is 26.4 Å². The molecule has 0 fully saturated rings. The van der Waals surface area contributed by atoms with Crippen LogP contribution in [0, 0.1) is 27.7 Å². The molecule has 2 aromatic heterocycles. The predicted molar refractivity (Wildman–Crippen MR) is 259 cm³/mol. The number of aryl methyl sites for hydroxylation is 4. The van der Waals surface area contributed by atoms with E-state index in [9.17, 15) is 0 Å². The molecular weight excluding hydrogens is 807 g/mol. The second-order valence-corrected chi connectivity index (χ2v) is 16.0. The molecule has 9 rings (SSSR count). The minimum atomic E-state index is -0.224. The Bertz CT molecular complexity index is 2800. The van der Waals surface area contributed by atoms with Crippen molar-refractivity contribution < 1.29 is 61.7 Å². The first-order chi connectivity index (χ1) is 31.2. The Kier molecular flexibility index (Phi) is 19.5. The molecule has 5 heterocycles. The maximum absolute atomic E-state index is 5.46. The molecule has 1 atom stereocenters. The van der Waals surface area contributed by atoms with Crippen LogP contribution >= 0.6 is 0 Å². The summed E-state index contributed by atoms with van der Waals surface area (Å²) >= 11 is 0. The summed E-state index contributed by atoms with van der Waals surface area (Å²) in [5.41, 5.74) is 18.1. The number of rotatable bonds is 10. The van der Waals surface area contributed by atoms with Gasteiger partial charge in [0, 0.05) is 51.7 Å². The Morgan fingerprint density at radius 2 is 0.864 bits per heavy atom. The Hall–Kier alpha value is -5.36. The summed E-state index contributed by atoms with van der Waals surface area (Å²) in [6, 6.07) is 43.2. The minimum absolute atomic E-state index is 0. The van der Waals surface area contributed by atoms with Gasteiger partial charge in [-0.05, 0) is 55.5 Å². The number of hydrogen-bond acceptors (Lipinski definition) is 4. The van der Waals surface area contributed by atoms with Gasteiger partial charge in [0.15, 0.2) is 0 Å². The Morgan fingerprint density at radius 1 is 0.439 bits per heavy atom. The van der Waals surface area contributed by atoms with Crippen LogP contribution in [0.4, 0.5) is 0 Å². The van der Waals surface area contributed by atoms with Gasteiger partial charge in [0.25, 0.3) is 0 Å². The van der Waals surface area contributed by atoms with Crippen LogP contribution in [0.5, 0.6) is 0 Å². The molecule has 0 radical (unpaired) electrons. The number of benzene rings is 4. The van der Waals surface area contributed by atoms with Gasteiger partial charge in [-0.1, -0.05) is 167 Å². The molecule has 3 aliphatic rings. The van der Waals surface area contributed by atoms with Crippen LogP contribution < -0.4 is 63.4 Å². The van der Waals surface area contributed by atoms with Crippen LogP contribution in [0.2, 0.25) is 0 Å². The molecule has 8 nitrogen and oxygen atoms in total. The third-order valence-electron chi connectivity index (χ3n) is 11.2. The fraction of sp³-hybridized carbons (Fsp3) is 0.232. The zero-order valence-corrected chi connectivity index (χ0v) is 40.2. The van der Waals surface area contributed by atoms with Crippen LogP contribution in [0.25, 0.3) is 27.6 Å². The number of ether oxygens (including phenoxy) is 4. The van der Waals surface area contributed by atoms with Crippen LogP contribution in [0.3, 0.4) is 0 Å². The van der Waals surface area contributed by atoms with Gasteiger partial charge in [-0.3, -0.25) is 0 Å². The smallest absolute Gasteiger partial charge is 0.674 e. The predicted octanol–water partition coefficient (Wildman–Crippen LogP) is 1.44. The monoisotopic (exact) mass is 864 g/mol. The molecule has 6 aromatic rings. The van der Waals surface area contributed by atoms with Gasteiger partial charge in [0.2, 0.25) is 11.4 Å². The number of fused-ring (bicyclic) bond motifs is 7. The summed E-state index contributed by atoms with van der Waals surface area (Å²) in [6.07, 6.45) is 8.73. The first-order valence-electron chi connectivity index (χ1n) is 21.7. The van der Waals surface area contributed by atoms with Crippen molar-refractivity contribution in [1.29, 1.82) is 0 Å². The standard InChI is InChI=1S/C48H37N4.2C4H10O2.2Li/c1-29-5-13-33(14-6-29)45-37-21-23-39(49-37)46(34-15-7-30(2)8-16-34)41-25-27-43(51-41)48(36-19-11-32(4)12-20-36)44-28-26-42(52-44)47(40-24-22-38(45)50-40)35-17-9-31(3)10-18-35;2*1-5-3-4-6-2;;/h5-28,37H,1-4H3;2*3-4H2,1-2H3;;/q-3;;;2*+1/p+1/b45-38-,46-39-,47-40-,48-44-;;;;. The average Bonchev–Trinajstić information content (AvgIpc) is 4.16. The molecule has 8 bridgehead atoms. The zero-order chi connectivity index (χ0) is 45.0. The number of nitrogens with zero attached hydrogens (tertiary/aromatic N) is 3. The summed E-state index contributed by atoms with van der Waals surface area (Å²) in [6.45, 7) is 11.2. The number of nitrogens with one attached hydrogen (secondary N) is 1. The van der Waals surface area contributed by atoms with E-state index in [-0.39, 0.29) is 43.8 Å². The maximum Gasteiger partial charge on any atom is 1.00 e. The average molecular weight is 865 g/mol. The molecule has 10 heteroatoms. The molecular formula is C56H58Li2N4O4. The van der Waals surface area contributed by atoms with E-state index in [1.807, 2.05) is 0 Å². The van der Waals surface area contributed by atoms with Gasteiger partial charge in [0.05, 0.1) is 26.4 Å². The first kappa shape index (κ1) is 51.6. The second kappa shape index (κ2) is 25.0. The third-order valence-corrected chi connectivity index (χ3v) is 11.2. The van der Waals surface area contributed by atoms with Crippen molar-refractivity contribution in [1.82, 2.24) is 9.97 Å².